The first-order valence-electron chi connectivity index (χ1n) is 11.0. The van der Waals surface area contributed by atoms with Crippen molar-refractivity contribution in [1.29, 1.82) is 0 Å². The van der Waals surface area contributed by atoms with Crippen LogP contribution in [0.1, 0.15) is 47.7 Å². The van der Waals surface area contributed by atoms with E-state index in [1.165, 1.54) is 27.8 Å². The highest BCUT2D eigenvalue weighted by Crippen LogP contribution is 2.34. The molecule has 1 aliphatic rings. The number of aromatic amines is 1. The van der Waals surface area contributed by atoms with Crippen LogP contribution in [-0.2, 0) is 13.0 Å². The molecule has 0 aliphatic carbocycles. The van der Waals surface area contributed by atoms with Gasteiger partial charge in [0, 0.05) is 53.4 Å². The highest BCUT2D eigenvalue weighted by atomic mass is 15.1. The van der Waals surface area contributed by atoms with E-state index in [2.05, 4.69) is 67.9 Å². The molecule has 0 atom stereocenters. The first-order valence-corrected chi connectivity index (χ1v) is 11.0. The number of fused-ring (bicyclic) bond motifs is 2. The number of hydrogen-bond donors (Lipinski definition) is 2. The zero-order valence-corrected chi connectivity index (χ0v) is 18.7. The van der Waals surface area contributed by atoms with E-state index in [0.29, 0.717) is 11.7 Å². The van der Waals surface area contributed by atoms with Crippen molar-refractivity contribution in [2.45, 2.75) is 46.6 Å². The molecule has 3 heterocycles. The number of aryl methyl sites for hydroxylation is 2. The number of rotatable bonds is 3. The highest BCUT2D eigenvalue weighted by molar-refractivity contribution is 5.96. The summed E-state index contributed by atoms with van der Waals surface area (Å²) in [6.07, 6.45) is 2.89. The number of nitrogens with two attached hydrogens (primary N) is 1. The van der Waals surface area contributed by atoms with E-state index in [4.69, 9.17) is 15.7 Å². The van der Waals surface area contributed by atoms with Crippen molar-refractivity contribution in [3.8, 4) is 11.4 Å². The maximum absolute atomic E-state index is 6.51. The summed E-state index contributed by atoms with van der Waals surface area (Å²) in [5.74, 6) is 1.82. The van der Waals surface area contributed by atoms with Gasteiger partial charge >= 0.3 is 0 Å². The second kappa shape index (κ2) is 7.41. The topological polar surface area (TPSA) is 70.8 Å². The second-order valence-electron chi connectivity index (χ2n) is 8.93. The van der Waals surface area contributed by atoms with Crippen LogP contribution in [0, 0.1) is 13.8 Å². The lowest BCUT2D eigenvalue weighted by Gasteiger charge is -2.32. The molecule has 5 nitrogen and oxygen atoms in total. The minimum atomic E-state index is 0.506. The number of H-pyrrole nitrogens is 1. The number of hydrogen-bond acceptors (Lipinski definition) is 4. The van der Waals surface area contributed by atoms with Crippen molar-refractivity contribution >= 4 is 22.4 Å². The van der Waals surface area contributed by atoms with Crippen molar-refractivity contribution < 1.29 is 0 Å². The van der Waals surface area contributed by atoms with Gasteiger partial charge in [-0.15, -0.1) is 0 Å². The van der Waals surface area contributed by atoms with Crippen LogP contribution in [0.2, 0.25) is 0 Å². The SMILES string of the molecule is Cc1ccc(C(C)C)cc1N1CCc2nc(-c3cccc4[nH]cc(C)c34)nc(N)c2C1. The van der Waals surface area contributed by atoms with Crippen molar-refractivity contribution in [1.82, 2.24) is 15.0 Å². The molecule has 0 spiro atoms. The second-order valence-corrected chi connectivity index (χ2v) is 8.93. The minimum Gasteiger partial charge on any atom is -0.383 e. The van der Waals surface area contributed by atoms with Crippen LogP contribution in [0.5, 0.6) is 0 Å². The van der Waals surface area contributed by atoms with Gasteiger partial charge in [-0.25, -0.2) is 9.97 Å². The van der Waals surface area contributed by atoms with E-state index in [-0.39, 0.29) is 0 Å². The van der Waals surface area contributed by atoms with Crippen molar-refractivity contribution in [2.24, 2.45) is 0 Å². The van der Waals surface area contributed by atoms with Crippen LogP contribution in [0.15, 0.2) is 42.6 Å². The monoisotopic (exact) mass is 411 g/mol. The summed E-state index contributed by atoms with van der Waals surface area (Å²) in [4.78, 5) is 15.5. The van der Waals surface area contributed by atoms with E-state index < -0.39 is 0 Å². The van der Waals surface area contributed by atoms with Crippen molar-refractivity contribution in [3.63, 3.8) is 0 Å². The van der Waals surface area contributed by atoms with Crippen LogP contribution in [-0.4, -0.2) is 21.5 Å². The summed E-state index contributed by atoms with van der Waals surface area (Å²) < 4.78 is 0. The normalized spacial score (nSPS) is 13.8. The van der Waals surface area contributed by atoms with Gasteiger partial charge in [-0.3, -0.25) is 0 Å². The van der Waals surface area contributed by atoms with Crippen LogP contribution >= 0.6 is 0 Å². The van der Waals surface area contributed by atoms with Gasteiger partial charge < -0.3 is 15.6 Å². The zero-order valence-electron chi connectivity index (χ0n) is 18.7. The average Bonchev–Trinajstić information content (AvgIpc) is 3.15. The van der Waals surface area contributed by atoms with E-state index in [9.17, 15) is 0 Å². The predicted molar refractivity (Wildman–Crippen MR) is 128 cm³/mol. The number of anilines is 2. The Bertz CT molecular complexity index is 1280. The molecule has 0 radical (unpaired) electrons. The maximum atomic E-state index is 6.51. The van der Waals surface area contributed by atoms with Crippen LogP contribution in [0.3, 0.4) is 0 Å². The largest absolute Gasteiger partial charge is 0.383 e. The van der Waals surface area contributed by atoms with Gasteiger partial charge in [0.25, 0.3) is 0 Å². The smallest absolute Gasteiger partial charge is 0.162 e. The molecule has 1 aliphatic heterocycles. The van der Waals surface area contributed by atoms with Crippen LogP contribution in [0.25, 0.3) is 22.3 Å². The van der Waals surface area contributed by atoms with E-state index in [1.807, 2.05) is 12.3 Å². The number of benzene rings is 2. The lowest BCUT2D eigenvalue weighted by Crippen LogP contribution is -2.32. The van der Waals surface area contributed by atoms with Gasteiger partial charge in [0.15, 0.2) is 5.82 Å². The number of aromatic nitrogens is 3. The van der Waals surface area contributed by atoms with E-state index in [1.54, 1.807) is 0 Å². The molecule has 0 bridgehead atoms. The Kier molecular flexibility index (Phi) is 4.69. The Balaban J connectivity index is 1.53. The number of nitrogens with one attached hydrogen (secondary N) is 1. The van der Waals surface area contributed by atoms with Gasteiger partial charge in [-0.05, 0) is 48.6 Å². The molecule has 0 fully saturated rings. The molecule has 4 aromatic rings. The summed E-state index contributed by atoms with van der Waals surface area (Å²) >= 11 is 0. The molecule has 31 heavy (non-hydrogen) atoms. The van der Waals surface area contributed by atoms with E-state index in [0.717, 1.165) is 47.7 Å². The quantitative estimate of drug-likeness (QED) is 0.466. The third kappa shape index (κ3) is 3.34. The highest BCUT2D eigenvalue weighted by Gasteiger charge is 2.24. The Hall–Kier alpha value is -3.34. The first-order chi connectivity index (χ1) is 14.9. The Morgan fingerprint density at radius 1 is 1.06 bits per heavy atom. The third-order valence-corrected chi connectivity index (χ3v) is 6.48. The number of nitrogen functional groups attached to an aromatic ring is 1. The summed E-state index contributed by atoms with van der Waals surface area (Å²) in [6, 6.07) is 13.0. The standard InChI is InChI=1S/C26H29N5/c1-15(2)18-9-8-16(3)23(12-18)31-11-10-21-20(14-31)25(27)30-26(29-21)19-6-5-7-22-24(19)17(4)13-28-22/h5-9,12-13,15,28H,10-11,14H2,1-4H3,(H2,27,29,30). The molecule has 158 valence electrons. The minimum absolute atomic E-state index is 0.506. The summed E-state index contributed by atoms with van der Waals surface area (Å²) in [5.41, 5.74) is 15.9. The molecule has 0 unspecified atom stereocenters. The van der Waals surface area contributed by atoms with Crippen molar-refractivity contribution in [3.05, 3.63) is 70.5 Å². The maximum Gasteiger partial charge on any atom is 0.162 e. The molecule has 5 rings (SSSR count). The fraction of sp³-hybridized carbons (Fsp3) is 0.308. The van der Waals surface area contributed by atoms with Crippen molar-refractivity contribution in [2.75, 3.05) is 17.2 Å². The van der Waals surface area contributed by atoms with Gasteiger partial charge in [-0.1, -0.05) is 38.1 Å². The Morgan fingerprint density at radius 2 is 1.90 bits per heavy atom. The van der Waals surface area contributed by atoms with E-state index >= 15 is 0 Å². The first kappa shape index (κ1) is 19.6. The number of nitrogens with zero attached hydrogens (tertiary/aromatic N) is 3. The fourth-order valence-electron chi connectivity index (χ4n) is 4.63. The van der Waals surface area contributed by atoms with Gasteiger partial charge in [0.2, 0.25) is 0 Å². The fourth-order valence-corrected chi connectivity index (χ4v) is 4.63. The zero-order chi connectivity index (χ0) is 21.7. The summed E-state index contributed by atoms with van der Waals surface area (Å²) in [5, 5.41) is 1.17. The Labute approximate surface area is 183 Å². The summed E-state index contributed by atoms with van der Waals surface area (Å²) in [7, 11) is 0. The molecular formula is C26H29N5. The molecule has 0 amide bonds. The Morgan fingerprint density at radius 3 is 2.71 bits per heavy atom. The molecule has 2 aromatic carbocycles. The van der Waals surface area contributed by atoms with Crippen LogP contribution in [0.4, 0.5) is 11.5 Å². The lowest BCUT2D eigenvalue weighted by molar-refractivity contribution is 0.706. The predicted octanol–water partition coefficient (Wildman–Crippen LogP) is 5.51. The molecule has 2 aromatic heterocycles. The summed E-state index contributed by atoms with van der Waals surface area (Å²) in [6.45, 7) is 10.4. The molecular weight excluding hydrogens is 382 g/mol. The average molecular weight is 412 g/mol. The molecule has 0 saturated heterocycles. The van der Waals surface area contributed by atoms with Gasteiger partial charge in [-0.2, -0.15) is 0 Å². The molecule has 3 N–H and O–H groups in total. The molecule has 0 saturated carbocycles. The van der Waals surface area contributed by atoms with Crippen LogP contribution < -0.4 is 10.6 Å². The molecule has 5 heteroatoms. The van der Waals surface area contributed by atoms with Gasteiger partial charge in [0.1, 0.15) is 5.82 Å². The van der Waals surface area contributed by atoms with Gasteiger partial charge in [0.05, 0.1) is 5.69 Å². The lowest BCUT2D eigenvalue weighted by atomic mass is 9.98. The third-order valence-electron chi connectivity index (χ3n) is 6.48.